The van der Waals surface area contributed by atoms with E-state index in [0.717, 1.165) is 35.8 Å². The van der Waals surface area contributed by atoms with E-state index in [9.17, 15) is 4.39 Å². The van der Waals surface area contributed by atoms with Gasteiger partial charge in [-0.2, -0.15) is 0 Å². The molecule has 0 fully saturated rings. The first kappa shape index (κ1) is 14.4. The molecule has 2 aromatic rings. The zero-order chi connectivity index (χ0) is 13.8. The van der Waals surface area contributed by atoms with Crippen LogP contribution in [0.5, 0.6) is 0 Å². The fourth-order valence-corrected chi connectivity index (χ4v) is 3.09. The molecule has 102 valence electrons. The molecule has 0 atom stereocenters. The SMILES string of the molecule is CCNCc1sc(-c2ccc(F)c(Cl)c2)nc1CC. The van der Waals surface area contributed by atoms with Crippen molar-refractivity contribution in [3.8, 4) is 10.6 Å². The zero-order valence-electron chi connectivity index (χ0n) is 11.0. The van der Waals surface area contributed by atoms with Crippen LogP contribution in [0.1, 0.15) is 24.4 Å². The van der Waals surface area contributed by atoms with Crippen molar-refractivity contribution in [3.63, 3.8) is 0 Å². The molecule has 0 saturated carbocycles. The number of halogens is 2. The third-order valence-corrected chi connectivity index (χ3v) is 4.25. The standard InChI is InChI=1S/C14H16ClFN2S/c1-3-12-13(8-17-4-2)19-14(18-12)9-5-6-11(16)10(15)7-9/h5-7,17H,3-4,8H2,1-2H3. The summed E-state index contributed by atoms with van der Waals surface area (Å²) in [6.07, 6.45) is 0.895. The van der Waals surface area contributed by atoms with E-state index in [4.69, 9.17) is 11.6 Å². The molecule has 2 rings (SSSR count). The molecular weight excluding hydrogens is 283 g/mol. The Balaban J connectivity index is 2.33. The summed E-state index contributed by atoms with van der Waals surface area (Å²) in [5.41, 5.74) is 1.97. The van der Waals surface area contributed by atoms with Gasteiger partial charge in [-0.25, -0.2) is 9.37 Å². The first-order chi connectivity index (χ1) is 9.15. The highest BCUT2D eigenvalue weighted by atomic mass is 35.5. The number of benzene rings is 1. The lowest BCUT2D eigenvalue weighted by atomic mass is 10.2. The van der Waals surface area contributed by atoms with Gasteiger partial charge in [0.2, 0.25) is 0 Å². The van der Waals surface area contributed by atoms with Crippen LogP contribution in [-0.2, 0) is 13.0 Å². The minimum Gasteiger partial charge on any atom is -0.312 e. The first-order valence-electron chi connectivity index (χ1n) is 6.30. The number of thiazole rings is 1. The highest BCUT2D eigenvalue weighted by molar-refractivity contribution is 7.15. The molecule has 1 heterocycles. The second kappa shape index (κ2) is 6.46. The highest BCUT2D eigenvalue weighted by Crippen LogP contribution is 2.30. The molecule has 1 aromatic heterocycles. The molecule has 0 amide bonds. The van der Waals surface area contributed by atoms with Gasteiger partial charge in [0.1, 0.15) is 10.8 Å². The summed E-state index contributed by atoms with van der Waals surface area (Å²) in [5, 5.41) is 4.34. The van der Waals surface area contributed by atoms with Crippen LogP contribution >= 0.6 is 22.9 Å². The van der Waals surface area contributed by atoms with Gasteiger partial charge < -0.3 is 5.32 Å². The fraction of sp³-hybridized carbons (Fsp3) is 0.357. The van der Waals surface area contributed by atoms with E-state index in [1.807, 2.05) is 0 Å². The lowest BCUT2D eigenvalue weighted by molar-refractivity contribution is 0.628. The van der Waals surface area contributed by atoms with E-state index in [1.165, 1.54) is 10.9 Å². The Morgan fingerprint density at radius 1 is 1.37 bits per heavy atom. The van der Waals surface area contributed by atoms with E-state index in [2.05, 4.69) is 24.1 Å². The predicted molar refractivity (Wildman–Crippen MR) is 79.3 cm³/mol. The largest absolute Gasteiger partial charge is 0.312 e. The van der Waals surface area contributed by atoms with Gasteiger partial charge in [0.15, 0.2) is 0 Å². The monoisotopic (exact) mass is 298 g/mol. The van der Waals surface area contributed by atoms with Gasteiger partial charge in [-0.3, -0.25) is 0 Å². The predicted octanol–water partition coefficient (Wildman–Crippen LogP) is 4.27. The number of hydrogen-bond donors (Lipinski definition) is 1. The van der Waals surface area contributed by atoms with Gasteiger partial charge in [0.05, 0.1) is 10.7 Å². The maximum Gasteiger partial charge on any atom is 0.141 e. The minimum atomic E-state index is -0.398. The van der Waals surface area contributed by atoms with Crippen LogP contribution < -0.4 is 5.32 Å². The van der Waals surface area contributed by atoms with Crippen LogP contribution in [0.4, 0.5) is 4.39 Å². The van der Waals surface area contributed by atoms with Gasteiger partial charge in [-0.05, 0) is 31.2 Å². The number of rotatable bonds is 5. The summed E-state index contributed by atoms with van der Waals surface area (Å²) in [6, 6.07) is 4.73. The van der Waals surface area contributed by atoms with E-state index < -0.39 is 5.82 Å². The molecule has 0 aliphatic heterocycles. The number of aromatic nitrogens is 1. The first-order valence-corrected chi connectivity index (χ1v) is 7.49. The molecule has 0 bridgehead atoms. The van der Waals surface area contributed by atoms with E-state index in [0.29, 0.717) is 0 Å². The third kappa shape index (κ3) is 3.32. The number of nitrogens with one attached hydrogen (secondary N) is 1. The van der Waals surface area contributed by atoms with Crippen molar-refractivity contribution in [2.75, 3.05) is 6.54 Å². The molecule has 0 aliphatic carbocycles. The van der Waals surface area contributed by atoms with Crippen molar-refractivity contribution in [3.05, 3.63) is 39.6 Å². The summed E-state index contributed by atoms with van der Waals surface area (Å²) in [4.78, 5) is 5.86. The Hall–Kier alpha value is -0.970. The molecule has 1 N–H and O–H groups in total. The minimum absolute atomic E-state index is 0.138. The summed E-state index contributed by atoms with van der Waals surface area (Å²) in [6.45, 7) is 5.92. The highest BCUT2D eigenvalue weighted by Gasteiger charge is 2.12. The lowest BCUT2D eigenvalue weighted by Gasteiger charge is -1.99. The number of aryl methyl sites for hydroxylation is 1. The third-order valence-electron chi connectivity index (χ3n) is 2.82. The second-order valence-electron chi connectivity index (χ2n) is 4.15. The number of hydrogen-bond acceptors (Lipinski definition) is 3. The van der Waals surface area contributed by atoms with Crippen molar-refractivity contribution in [1.29, 1.82) is 0 Å². The Labute approximate surface area is 121 Å². The van der Waals surface area contributed by atoms with Crippen LogP contribution in [0.3, 0.4) is 0 Å². The van der Waals surface area contributed by atoms with Crippen LogP contribution in [0, 0.1) is 5.82 Å². The average molecular weight is 299 g/mol. The Kier molecular flexibility index (Phi) is 4.91. The maximum absolute atomic E-state index is 13.2. The molecular formula is C14H16ClFN2S. The molecule has 0 aliphatic rings. The average Bonchev–Trinajstić information content (AvgIpc) is 2.82. The Bertz CT molecular complexity index is 569. The van der Waals surface area contributed by atoms with E-state index in [-0.39, 0.29) is 5.02 Å². The molecule has 0 unspecified atom stereocenters. The van der Waals surface area contributed by atoms with Crippen molar-refractivity contribution in [2.24, 2.45) is 0 Å². The molecule has 5 heteroatoms. The second-order valence-corrected chi connectivity index (χ2v) is 5.64. The quantitative estimate of drug-likeness (QED) is 0.891. The lowest BCUT2D eigenvalue weighted by Crippen LogP contribution is -2.11. The van der Waals surface area contributed by atoms with Crippen molar-refractivity contribution >= 4 is 22.9 Å². The van der Waals surface area contributed by atoms with Crippen LogP contribution in [0.2, 0.25) is 5.02 Å². The van der Waals surface area contributed by atoms with E-state index >= 15 is 0 Å². The van der Waals surface area contributed by atoms with Crippen molar-refractivity contribution in [1.82, 2.24) is 10.3 Å². The van der Waals surface area contributed by atoms with Gasteiger partial charge in [-0.15, -0.1) is 11.3 Å². The molecule has 19 heavy (non-hydrogen) atoms. The summed E-state index contributed by atoms with van der Waals surface area (Å²) < 4.78 is 13.2. The normalized spacial score (nSPS) is 10.9. The van der Waals surface area contributed by atoms with Crippen molar-refractivity contribution in [2.45, 2.75) is 26.8 Å². The van der Waals surface area contributed by atoms with Crippen molar-refractivity contribution < 1.29 is 4.39 Å². The summed E-state index contributed by atoms with van der Waals surface area (Å²) in [5.74, 6) is -0.398. The van der Waals surface area contributed by atoms with Gasteiger partial charge in [0, 0.05) is 17.0 Å². The zero-order valence-corrected chi connectivity index (χ0v) is 12.5. The summed E-state index contributed by atoms with van der Waals surface area (Å²) in [7, 11) is 0. The smallest absolute Gasteiger partial charge is 0.141 e. The molecule has 1 aromatic carbocycles. The number of nitrogens with zero attached hydrogens (tertiary/aromatic N) is 1. The topological polar surface area (TPSA) is 24.9 Å². The fourth-order valence-electron chi connectivity index (χ4n) is 1.79. The Morgan fingerprint density at radius 3 is 2.79 bits per heavy atom. The van der Waals surface area contributed by atoms with Gasteiger partial charge >= 0.3 is 0 Å². The van der Waals surface area contributed by atoms with Gasteiger partial charge in [0.25, 0.3) is 0 Å². The van der Waals surface area contributed by atoms with Gasteiger partial charge in [-0.1, -0.05) is 25.4 Å². The van der Waals surface area contributed by atoms with Crippen LogP contribution in [0.25, 0.3) is 10.6 Å². The van der Waals surface area contributed by atoms with Crippen LogP contribution in [0.15, 0.2) is 18.2 Å². The molecule has 0 saturated heterocycles. The molecule has 0 radical (unpaired) electrons. The van der Waals surface area contributed by atoms with Crippen LogP contribution in [-0.4, -0.2) is 11.5 Å². The molecule has 0 spiro atoms. The van der Waals surface area contributed by atoms with E-state index in [1.54, 1.807) is 23.5 Å². The molecule has 2 nitrogen and oxygen atoms in total. The Morgan fingerprint density at radius 2 is 2.16 bits per heavy atom. The maximum atomic E-state index is 13.2. The summed E-state index contributed by atoms with van der Waals surface area (Å²) >= 11 is 7.45.